The molecule has 0 saturated carbocycles. The zero-order valence-electron chi connectivity index (χ0n) is 7.50. The zero-order valence-corrected chi connectivity index (χ0v) is 9.83. The fourth-order valence-corrected chi connectivity index (χ4v) is 3.28. The highest BCUT2D eigenvalue weighted by molar-refractivity contribution is 7.87. The number of benzene rings is 1. The van der Waals surface area contributed by atoms with Crippen molar-refractivity contribution in [3.05, 3.63) is 33.8 Å². The average Bonchev–Trinajstić information content (AvgIpc) is 2.10. The molecule has 1 heterocycles. The van der Waals surface area contributed by atoms with Crippen LogP contribution < -0.4 is 0 Å². The van der Waals surface area contributed by atoms with Gasteiger partial charge >= 0.3 is 0 Å². The van der Waals surface area contributed by atoms with Crippen molar-refractivity contribution in [1.29, 1.82) is 0 Å². The van der Waals surface area contributed by atoms with E-state index in [0.29, 0.717) is 15.3 Å². The molecule has 1 aliphatic rings. The van der Waals surface area contributed by atoms with Crippen molar-refractivity contribution >= 4 is 34.0 Å². The van der Waals surface area contributed by atoms with Crippen LogP contribution in [-0.2, 0) is 17.2 Å². The van der Waals surface area contributed by atoms with Crippen molar-refractivity contribution in [2.75, 3.05) is 5.75 Å². The Hall–Kier alpha value is -0.0500. The molecule has 76 valence electrons. The lowest BCUT2D eigenvalue weighted by molar-refractivity contribution is 0.634. The van der Waals surface area contributed by atoms with Crippen molar-refractivity contribution in [1.82, 2.24) is 0 Å². The van der Waals surface area contributed by atoms with E-state index in [1.807, 2.05) is 12.1 Å². The second-order valence-corrected chi connectivity index (χ2v) is 6.19. The van der Waals surface area contributed by atoms with Crippen LogP contribution in [0.5, 0.6) is 0 Å². The van der Waals surface area contributed by atoms with Crippen molar-refractivity contribution in [2.24, 2.45) is 0 Å². The van der Waals surface area contributed by atoms with Gasteiger partial charge in [0.05, 0.1) is 0 Å². The third kappa shape index (κ3) is 2.30. The summed E-state index contributed by atoms with van der Waals surface area (Å²) in [5, 5.41) is 1.61. The Labute approximate surface area is 95.9 Å². The highest BCUT2D eigenvalue weighted by Crippen LogP contribution is 2.25. The van der Waals surface area contributed by atoms with E-state index in [0.717, 1.165) is 24.2 Å². The minimum atomic E-state index is -0.630. The molecule has 1 saturated heterocycles. The largest absolute Gasteiger partial charge is 0.259 e. The van der Waals surface area contributed by atoms with Crippen LogP contribution in [0.1, 0.15) is 12.0 Å². The lowest BCUT2D eigenvalue weighted by Gasteiger charge is -2.24. The topological polar surface area (TPSA) is 17.1 Å². The van der Waals surface area contributed by atoms with Crippen molar-refractivity contribution in [2.45, 2.75) is 18.1 Å². The molecule has 0 radical (unpaired) electrons. The van der Waals surface area contributed by atoms with Crippen LogP contribution in [0, 0.1) is 0 Å². The Morgan fingerprint density at radius 1 is 1.29 bits per heavy atom. The molecule has 1 aromatic rings. The van der Waals surface area contributed by atoms with Crippen LogP contribution in [0.15, 0.2) is 18.2 Å². The first kappa shape index (κ1) is 10.5. The predicted octanol–water partition coefficient (Wildman–Crippen LogP) is 3.06. The number of hydrogen-bond acceptors (Lipinski definition) is 1. The SMILES string of the molecule is O=S1CCC1Cc1cc(Cl)cc(Cl)c1. The highest BCUT2D eigenvalue weighted by atomic mass is 35.5. The summed E-state index contributed by atoms with van der Waals surface area (Å²) in [6.45, 7) is 0. The fourth-order valence-electron chi connectivity index (χ4n) is 1.57. The van der Waals surface area contributed by atoms with Gasteiger partial charge in [0, 0.05) is 31.8 Å². The molecule has 1 aromatic carbocycles. The summed E-state index contributed by atoms with van der Waals surface area (Å²) in [4.78, 5) is 0. The van der Waals surface area contributed by atoms with E-state index >= 15 is 0 Å². The lowest BCUT2D eigenvalue weighted by Crippen LogP contribution is -2.32. The smallest absolute Gasteiger partial charge is 0.0423 e. The van der Waals surface area contributed by atoms with Crippen LogP contribution in [0.4, 0.5) is 0 Å². The molecule has 14 heavy (non-hydrogen) atoms. The Bertz CT molecular complexity index is 358. The molecule has 2 unspecified atom stereocenters. The number of halogens is 2. The molecule has 4 heteroatoms. The second kappa shape index (κ2) is 4.21. The molecule has 1 aliphatic heterocycles. The van der Waals surface area contributed by atoms with Gasteiger partial charge in [-0.2, -0.15) is 0 Å². The second-order valence-electron chi connectivity index (χ2n) is 3.48. The van der Waals surface area contributed by atoms with Gasteiger partial charge in [0.25, 0.3) is 0 Å². The maximum absolute atomic E-state index is 11.2. The molecular weight excluding hydrogens is 239 g/mol. The van der Waals surface area contributed by atoms with Crippen LogP contribution in [0.2, 0.25) is 10.0 Å². The standard InChI is InChI=1S/C10H10Cl2OS/c11-8-3-7(4-9(12)6-8)5-10-1-2-14(10)13/h3-4,6,10H,1-2,5H2. The van der Waals surface area contributed by atoms with E-state index in [1.54, 1.807) is 6.07 Å². The highest BCUT2D eigenvalue weighted by Gasteiger charge is 2.26. The van der Waals surface area contributed by atoms with Gasteiger partial charge < -0.3 is 0 Å². The molecule has 0 bridgehead atoms. The molecule has 0 aliphatic carbocycles. The molecule has 0 amide bonds. The monoisotopic (exact) mass is 248 g/mol. The summed E-state index contributed by atoms with van der Waals surface area (Å²) < 4.78 is 11.2. The minimum absolute atomic E-state index is 0.310. The summed E-state index contributed by atoms with van der Waals surface area (Å²) >= 11 is 11.7. The van der Waals surface area contributed by atoms with Gasteiger partial charge in [0.2, 0.25) is 0 Å². The van der Waals surface area contributed by atoms with Crippen molar-refractivity contribution in [3.8, 4) is 0 Å². The van der Waals surface area contributed by atoms with E-state index in [1.165, 1.54) is 0 Å². The van der Waals surface area contributed by atoms with Crippen molar-refractivity contribution in [3.63, 3.8) is 0 Å². The summed E-state index contributed by atoms with van der Waals surface area (Å²) in [6, 6.07) is 5.50. The molecule has 0 spiro atoms. The quantitative estimate of drug-likeness (QED) is 0.787. The maximum atomic E-state index is 11.2. The summed E-state index contributed by atoms with van der Waals surface area (Å²) in [6.07, 6.45) is 1.88. The number of hydrogen-bond donors (Lipinski definition) is 0. The van der Waals surface area contributed by atoms with Crippen LogP contribution in [0.25, 0.3) is 0 Å². The van der Waals surface area contributed by atoms with E-state index in [2.05, 4.69) is 0 Å². The molecule has 1 fully saturated rings. The Balaban J connectivity index is 2.12. The Kier molecular flexibility index (Phi) is 3.15. The first-order valence-electron chi connectivity index (χ1n) is 4.47. The minimum Gasteiger partial charge on any atom is -0.259 e. The summed E-state index contributed by atoms with van der Waals surface area (Å²) in [5.41, 5.74) is 1.08. The molecule has 1 nitrogen and oxygen atoms in total. The summed E-state index contributed by atoms with van der Waals surface area (Å²) in [7, 11) is -0.630. The normalized spacial score (nSPS) is 25.9. The van der Waals surface area contributed by atoms with Crippen molar-refractivity contribution < 1.29 is 4.21 Å². The van der Waals surface area contributed by atoms with Gasteiger partial charge in [-0.25, -0.2) is 0 Å². The van der Waals surface area contributed by atoms with E-state index in [9.17, 15) is 4.21 Å². The van der Waals surface area contributed by atoms with E-state index < -0.39 is 10.8 Å². The average molecular weight is 249 g/mol. The maximum Gasteiger partial charge on any atom is 0.0423 e. The third-order valence-corrected chi connectivity index (χ3v) is 4.62. The van der Waals surface area contributed by atoms with Gasteiger partial charge in [-0.3, -0.25) is 4.21 Å². The van der Waals surface area contributed by atoms with Gasteiger partial charge in [-0.1, -0.05) is 23.2 Å². The lowest BCUT2D eigenvalue weighted by atomic mass is 10.1. The molecular formula is C10H10Cl2OS. The van der Waals surface area contributed by atoms with Gasteiger partial charge in [-0.05, 0) is 36.6 Å². The van der Waals surface area contributed by atoms with Crippen LogP contribution in [-0.4, -0.2) is 15.2 Å². The van der Waals surface area contributed by atoms with E-state index in [4.69, 9.17) is 23.2 Å². The molecule has 2 rings (SSSR count). The zero-order chi connectivity index (χ0) is 10.1. The van der Waals surface area contributed by atoms with Crippen LogP contribution >= 0.6 is 23.2 Å². The Morgan fingerprint density at radius 3 is 2.36 bits per heavy atom. The fraction of sp³-hybridized carbons (Fsp3) is 0.400. The molecule has 0 aromatic heterocycles. The molecule has 2 atom stereocenters. The first-order valence-corrected chi connectivity index (χ1v) is 6.61. The first-order chi connectivity index (χ1) is 6.65. The third-order valence-electron chi connectivity index (χ3n) is 2.40. The van der Waals surface area contributed by atoms with Gasteiger partial charge in [0.15, 0.2) is 0 Å². The van der Waals surface area contributed by atoms with Crippen LogP contribution in [0.3, 0.4) is 0 Å². The predicted molar refractivity (Wildman–Crippen MR) is 61.6 cm³/mol. The summed E-state index contributed by atoms with van der Waals surface area (Å²) in [5.74, 6) is 0.846. The Morgan fingerprint density at radius 2 is 1.93 bits per heavy atom. The number of rotatable bonds is 2. The van der Waals surface area contributed by atoms with Gasteiger partial charge in [0.1, 0.15) is 0 Å². The van der Waals surface area contributed by atoms with Gasteiger partial charge in [-0.15, -0.1) is 0 Å². The van der Waals surface area contributed by atoms with E-state index in [-0.39, 0.29) is 0 Å². The molecule has 0 N–H and O–H groups in total.